The smallest absolute Gasteiger partial charge is 0.246 e. The van der Waals surface area contributed by atoms with Crippen molar-refractivity contribution in [3.05, 3.63) is 29.6 Å². The first kappa shape index (κ1) is 14.4. The molecule has 1 saturated heterocycles. The van der Waals surface area contributed by atoms with Crippen LogP contribution in [0.4, 0.5) is 4.39 Å². The van der Waals surface area contributed by atoms with Gasteiger partial charge in [-0.15, -0.1) is 0 Å². The van der Waals surface area contributed by atoms with Crippen molar-refractivity contribution in [2.75, 3.05) is 13.1 Å². The van der Waals surface area contributed by atoms with Crippen molar-refractivity contribution in [3.63, 3.8) is 0 Å². The number of rotatable bonds is 2. The Morgan fingerprint density at radius 1 is 1.42 bits per heavy atom. The molecule has 1 aliphatic rings. The molecular weight excluding hydrogens is 267 g/mol. The highest BCUT2D eigenvalue weighted by atomic mass is 32.2. The first-order valence-corrected chi connectivity index (χ1v) is 7.78. The zero-order valence-corrected chi connectivity index (χ0v) is 12.0. The van der Waals surface area contributed by atoms with Crippen LogP contribution in [0.25, 0.3) is 0 Å². The minimum atomic E-state index is -3.79. The normalized spacial score (nSPS) is 25.5. The summed E-state index contributed by atoms with van der Waals surface area (Å²) in [5.74, 6) is -0.424. The topological polar surface area (TPSA) is 63.4 Å². The number of piperidine rings is 1. The molecule has 0 spiro atoms. The molecule has 2 rings (SSSR count). The third-order valence-electron chi connectivity index (χ3n) is 3.68. The molecule has 0 radical (unpaired) electrons. The lowest BCUT2D eigenvalue weighted by Gasteiger charge is -2.34. The lowest BCUT2D eigenvalue weighted by molar-refractivity contribution is 0.252. The Kier molecular flexibility index (Phi) is 3.94. The Bertz CT molecular complexity index is 574. The van der Waals surface area contributed by atoms with E-state index in [4.69, 9.17) is 5.73 Å². The van der Waals surface area contributed by atoms with Crippen LogP contribution in [0.1, 0.15) is 18.9 Å². The number of sulfonamides is 1. The molecule has 1 aromatic rings. The average Bonchev–Trinajstić information content (AvgIpc) is 2.35. The molecule has 19 heavy (non-hydrogen) atoms. The molecule has 0 amide bonds. The van der Waals surface area contributed by atoms with E-state index in [1.807, 2.05) is 6.92 Å². The fraction of sp³-hybridized carbons (Fsp3) is 0.538. The van der Waals surface area contributed by atoms with Gasteiger partial charge in [-0.05, 0) is 37.0 Å². The van der Waals surface area contributed by atoms with Gasteiger partial charge in [-0.1, -0.05) is 13.0 Å². The molecule has 2 N–H and O–H groups in total. The van der Waals surface area contributed by atoms with Crippen molar-refractivity contribution in [1.29, 1.82) is 0 Å². The Morgan fingerprint density at radius 2 is 2.11 bits per heavy atom. The Hall–Kier alpha value is -0.980. The van der Waals surface area contributed by atoms with E-state index in [9.17, 15) is 12.8 Å². The van der Waals surface area contributed by atoms with Gasteiger partial charge < -0.3 is 5.73 Å². The van der Waals surface area contributed by atoms with Gasteiger partial charge in [0.2, 0.25) is 10.0 Å². The molecule has 0 saturated carbocycles. The number of aryl methyl sites for hydroxylation is 1. The van der Waals surface area contributed by atoms with E-state index in [2.05, 4.69) is 0 Å². The van der Waals surface area contributed by atoms with Crippen LogP contribution < -0.4 is 5.73 Å². The van der Waals surface area contributed by atoms with Crippen LogP contribution in [0, 0.1) is 18.7 Å². The standard InChI is InChI=1S/C13H19FN2O2S/c1-9-3-4-11(14)13(7-9)19(17,18)16-6-5-10(2)12(15)8-16/h3-4,7,10,12H,5-6,8,15H2,1-2H3. The Morgan fingerprint density at radius 3 is 2.74 bits per heavy atom. The molecule has 1 fully saturated rings. The first-order valence-electron chi connectivity index (χ1n) is 6.34. The fourth-order valence-corrected chi connectivity index (χ4v) is 3.88. The van der Waals surface area contributed by atoms with E-state index in [0.717, 1.165) is 5.56 Å². The summed E-state index contributed by atoms with van der Waals surface area (Å²) in [6.45, 7) is 4.38. The van der Waals surface area contributed by atoms with Crippen LogP contribution in [-0.4, -0.2) is 31.9 Å². The SMILES string of the molecule is Cc1ccc(F)c(S(=O)(=O)N2CCC(C)C(N)C2)c1. The molecule has 1 aliphatic heterocycles. The minimum Gasteiger partial charge on any atom is -0.326 e. The van der Waals surface area contributed by atoms with Gasteiger partial charge in [0.25, 0.3) is 0 Å². The van der Waals surface area contributed by atoms with E-state index in [1.165, 1.54) is 16.4 Å². The van der Waals surface area contributed by atoms with Gasteiger partial charge >= 0.3 is 0 Å². The monoisotopic (exact) mass is 286 g/mol. The van der Waals surface area contributed by atoms with Gasteiger partial charge in [-0.2, -0.15) is 4.31 Å². The van der Waals surface area contributed by atoms with Gasteiger partial charge in [0, 0.05) is 19.1 Å². The van der Waals surface area contributed by atoms with Crippen LogP contribution in [0.2, 0.25) is 0 Å². The number of nitrogens with zero attached hydrogens (tertiary/aromatic N) is 1. The quantitative estimate of drug-likeness (QED) is 0.896. The third kappa shape index (κ3) is 2.80. The van der Waals surface area contributed by atoms with E-state index >= 15 is 0 Å². The minimum absolute atomic E-state index is 0.198. The summed E-state index contributed by atoms with van der Waals surface area (Å²) in [7, 11) is -3.79. The lowest BCUT2D eigenvalue weighted by atomic mass is 9.96. The van der Waals surface area contributed by atoms with Gasteiger partial charge in [0.15, 0.2) is 0 Å². The summed E-state index contributed by atoms with van der Waals surface area (Å²) in [6.07, 6.45) is 0.702. The second-order valence-corrected chi connectivity index (χ2v) is 7.13. The van der Waals surface area contributed by atoms with Crippen molar-refractivity contribution in [1.82, 2.24) is 4.31 Å². The fourth-order valence-electron chi connectivity index (χ4n) is 2.23. The molecule has 2 unspecified atom stereocenters. The first-order chi connectivity index (χ1) is 8.82. The molecule has 0 bridgehead atoms. The van der Waals surface area contributed by atoms with Gasteiger partial charge in [-0.25, -0.2) is 12.8 Å². The maximum atomic E-state index is 13.8. The highest BCUT2D eigenvalue weighted by molar-refractivity contribution is 7.89. The molecule has 6 heteroatoms. The highest BCUT2D eigenvalue weighted by Gasteiger charge is 2.33. The predicted octanol–water partition coefficient (Wildman–Crippen LogP) is 1.49. The van der Waals surface area contributed by atoms with Crippen molar-refractivity contribution in [2.24, 2.45) is 11.7 Å². The summed E-state index contributed by atoms with van der Waals surface area (Å²) in [4.78, 5) is -0.255. The van der Waals surface area contributed by atoms with E-state index in [0.29, 0.717) is 13.0 Å². The summed E-state index contributed by atoms with van der Waals surface area (Å²) in [5.41, 5.74) is 6.63. The molecule has 106 valence electrons. The molecule has 0 aliphatic carbocycles. The van der Waals surface area contributed by atoms with Crippen LogP contribution in [-0.2, 0) is 10.0 Å². The second kappa shape index (κ2) is 5.19. The zero-order chi connectivity index (χ0) is 14.2. The number of hydrogen-bond acceptors (Lipinski definition) is 3. The zero-order valence-electron chi connectivity index (χ0n) is 11.1. The molecular formula is C13H19FN2O2S. The van der Waals surface area contributed by atoms with E-state index < -0.39 is 15.8 Å². The maximum Gasteiger partial charge on any atom is 0.246 e. The Balaban J connectivity index is 2.35. The molecule has 2 atom stereocenters. The van der Waals surface area contributed by atoms with Crippen molar-refractivity contribution in [3.8, 4) is 0 Å². The Labute approximate surface area is 113 Å². The summed E-state index contributed by atoms with van der Waals surface area (Å²) in [5, 5.41) is 0. The summed E-state index contributed by atoms with van der Waals surface area (Å²) in [6, 6.07) is 3.91. The largest absolute Gasteiger partial charge is 0.326 e. The second-order valence-electron chi connectivity index (χ2n) is 5.23. The van der Waals surface area contributed by atoms with Gasteiger partial charge in [0.05, 0.1) is 0 Å². The van der Waals surface area contributed by atoms with Crippen molar-refractivity contribution < 1.29 is 12.8 Å². The number of hydrogen-bond donors (Lipinski definition) is 1. The van der Waals surface area contributed by atoms with E-state index in [-0.39, 0.29) is 23.4 Å². The number of halogens is 1. The summed E-state index contributed by atoms with van der Waals surface area (Å²) < 4.78 is 39.9. The predicted molar refractivity (Wildman–Crippen MR) is 71.7 cm³/mol. The molecule has 0 aromatic heterocycles. The number of benzene rings is 1. The van der Waals surface area contributed by atoms with E-state index in [1.54, 1.807) is 13.0 Å². The molecule has 1 heterocycles. The van der Waals surface area contributed by atoms with Crippen LogP contribution in [0.15, 0.2) is 23.1 Å². The van der Waals surface area contributed by atoms with Gasteiger partial charge in [-0.3, -0.25) is 0 Å². The lowest BCUT2D eigenvalue weighted by Crippen LogP contribution is -2.49. The molecule has 4 nitrogen and oxygen atoms in total. The van der Waals surface area contributed by atoms with Crippen molar-refractivity contribution in [2.45, 2.75) is 31.2 Å². The van der Waals surface area contributed by atoms with Crippen LogP contribution >= 0.6 is 0 Å². The number of nitrogens with two attached hydrogens (primary N) is 1. The summed E-state index contributed by atoms with van der Waals surface area (Å²) >= 11 is 0. The van der Waals surface area contributed by atoms with Crippen LogP contribution in [0.5, 0.6) is 0 Å². The maximum absolute atomic E-state index is 13.8. The van der Waals surface area contributed by atoms with Crippen LogP contribution in [0.3, 0.4) is 0 Å². The molecule has 1 aromatic carbocycles. The third-order valence-corrected chi connectivity index (χ3v) is 5.56. The average molecular weight is 286 g/mol. The van der Waals surface area contributed by atoms with Gasteiger partial charge in [0.1, 0.15) is 10.7 Å². The highest BCUT2D eigenvalue weighted by Crippen LogP contribution is 2.25. The van der Waals surface area contributed by atoms with Crippen molar-refractivity contribution >= 4 is 10.0 Å².